The van der Waals surface area contributed by atoms with Gasteiger partial charge in [0, 0.05) is 28.9 Å². The molecule has 3 aromatic rings. The van der Waals surface area contributed by atoms with Crippen molar-refractivity contribution >= 4 is 52.4 Å². The fraction of sp³-hybridized carbons (Fsp3) is 0.375. The number of hydrogen-bond acceptors (Lipinski definition) is 6. The highest BCUT2D eigenvalue weighted by Crippen LogP contribution is 2.53. The molecule has 1 aliphatic rings. The summed E-state index contributed by atoms with van der Waals surface area (Å²) in [4.78, 5) is 26.4. The second-order valence-electron chi connectivity index (χ2n) is 11.8. The first-order valence-electron chi connectivity index (χ1n) is 13.7. The Bertz CT molecular complexity index is 1530. The number of hydrogen-bond donors (Lipinski definition) is 3. The van der Waals surface area contributed by atoms with Crippen molar-refractivity contribution < 1.29 is 23.5 Å². The Morgan fingerprint density at radius 1 is 1.07 bits per heavy atom. The quantitative estimate of drug-likeness (QED) is 0.228. The summed E-state index contributed by atoms with van der Waals surface area (Å²) in [6, 6.07) is 12.6. The van der Waals surface area contributed by atoms with Gasteiger partial charge in [0.05, 0.1) is 41.6 Å². The van der Waals surface area contributed by atoms with Gasteiger partial charge in [-0.1, -0.05) is 67.7 Å². The van der Waals surface area contributed by atoms with Crippen LogP contribution < -0.4 is 21.1 Å². The van der Waals surface area contributed by atoms with Crippen molar-refractivity contribution in [1.29, 1.82) is 0 Å². The lowest BCUT2D eigenvalue weighted by atomic mass is 9.62. The van der Waals surface area contributed by atoms with E-state index >= 15 is 4.39 Å². The zero-order valence-corrected chi connectivity index (χ0v) is 26.8. The molecule has 7 nitrogen and oxygen atoms in total. The zero-order valence-electron chi connectivity index (χ0n) is 24.6. The largest absolute Gasteiger partial charge is 0.495 e. The number of amides is 1. The molecule has 0 aromatic heterocycles. The third-order valence-electron chi connectivity index (χ3n) is 7.95. The number of benzene rings is 3. The van der Waals surface area contributed by atoms with Crippen molar-refractivity contribution in [3.63, 3.8) is 0 Å². The lowest BCUT2D eigenvalue weighted by Crippen LogP contribution is -2.50. The second kappa shape index (κ2) is 13.0. The second-order valence-corrected chi connectivity index (χ2v) is 13.1. The molecule has 3 aromatic carbocycles. The van der Waals surface area contributed by atoms with Crippen LogP contribution in [-0.4, -0.2) is 44.7 Å². The molecule has 0 radical (unpaired) electrons. The molecule has 11 heteroatoms. The molecule has 4 rings (SSSR count). The lowest BCUT2D eigenvalue weighted by molar-refractivity contribution is -0.118. The van der Waals surface area contributed by atoms with Crippen LogP contribution in [0.5, 0.6) is 5.75 Å². The lowest BCUT2D eigenvalue weighted by Gasteiger charge is -2.42. The highest BCUT2D eigenvalue weighted by atomic mass is 35.5. The smallest absolute Gasteiger partial charge is 0.337 e. The molecule has 0 bridgehead atoms. The molecule has 43 heavy (non-hydrogen) atoms. The number of carbonyl (C=O) groups excluding carboxylic acids is 2. The number of methoxy groups -OCH3 is 2. The maximum Gasteiger partial charge on any atom is 0.337 e. The van der Waals surface area contributed by atoms with E-state index in [-0.39, 0.29) is 38.9 Å². The van der Waals surface area contributed by atoms with Gasteiger partial charge in [0.15, 0.2) is 0 Å². The molecule has 1 heterocycles. The number of nitrogens with one attached hydrogen (secondary N) is 2. The number of halogens is 4. The van der Waals surface area contributed by atoms with Crippen LogP contribution in [0.25, 0.3) is 0 Å². The summed E-state index contributed by atoms with van der Waals surface area (Å²) in [6.45, 7) is 6.15. The van der Waals surface area contributed by atoms with E-state index in [4.69, 9.17) is 50.0 Å². The molecule has 1 aliphatic heterocycles. The SMILES string of the molecule is COC(=O)c1ccc(NC(=O)[C@@H]2N[C@@H](CC(C)(C)C)[C@](CN)(c3cc(Cl)ccc3F)[C@H]2c2cccc(Cl)c2Cl)c(OC)c1. The number of nitrogens with two attached hydrogens (primary N) is 1. The Labute approximate surface area is 266 Å². The first kappa shape index (κ1) is 33.0. The van der Waals surface area contributed by atoms with E-state index in [0.717, 1.165) is 0 Å². The number of carbonyl (C=O) groups is 2. The fourth-order valence-electron chi connectivity index (χ4n) is 6.11. The van der Waals surface area contributed by atoms with E-state index in [2.05, 4.69) is 31.4 Å². The third kappa shape index (κ3) is 6.49. The molecule has 0 unspecified atom stereocenters. The van der Waals surface area contributed by atoms with Gasteiger partial charge in [0.25, 0.3) is 0 Å². The molecule has 0 aliphatic carbocycles. The molecule has 1 amide bonds. The number of esters is 1. The Morgan fingerprint density at radius 2 is 1.79 bits per heavy atom. The number of ether oxygens (including phenoxy) is 2. The highest BCUT2D eigenvalue weighted by molar-refractivity contribution is 6.42. The van der Waals surface area contributed by atoms with E-state index in [9.17, 15) is 9.59 Å². The van der Waals surface area contributed by atoms with Gasteiger partial charge in [-0.3, -0.25) is 4.79 Å². The maximum atomic E-state index is 15.9. The van der Waals surface area contributed by atoms with Crippen LogP contribution in [0.15, 0.2) is 54.6 Å². The fourth-order valence-corrected chi connectivity index (χ4v) is 6.71. The molecule has 230 valence electrons. The van der Waals surface area contributed by atoms with Crippen molar-refractivity contribution in [2.75, 3.05) is 26.1 Å². The summed E-state index contributed by atoms with van der Waals surface area (Å²) >= 11 is 19.7. The molecule has 0 saturated carbocycles. The summed E-state index contributed by atoms with van der Waals surface area (Å²) in [5.74, 6) is -2.01. The minimum atomic E-state index is -1.17. The van der Waals surface area contributed by atoms with Crippen molar-refractivity contribution in [3.05, 3.63) is 92.2 Å². The van der Waals surface area contributed by atoms with E-state index in [1.54, 1.807) is 30.3 Å². The summed E-state index contributed by atoms with van der Waals surface area (Å²) in [5, 5.41) is 7.30. The molecule has 1 saturated heterocycles. The third-order valence-corrected chi connectivity index (χ3v) is 9.02. The predicted molar refractivity (Wildman–Crippen MR) is 169 cm³/mol. The molecular formula is C32H35Cl3FN3O4. The standard InChI is InChI=1S/C32H35Cl3FN3O4/c1-31(2,3)15-25-32(16-37,20-14-18(33)10-11-22(20)36)26(19-7-6-8-21(34)27(19)35)28(39-25)29(40)38-23-12-9-17(30(41)43-5)13-24(23)42-4/h6-14,25-26,28,39H,15-16,37H2,1-5H3,(H,38,40)/t25-,26-,28+,32-/m0/s1. The predicted octanol–water partition coefficient (Wildman–Crippen LogP) is 6.98. The normalized spacial score (nSPS) is 21.9. The number of anilines is 1. The van der Waals surface area contributed by atoms with Crippen LogP contribution >= 0.6 is 34.8 Å². The zero-order chi connectivity index (χ0) is 31.7. The maximum absolute atomic E-state index is 15.9. The highest BCUT2D eigenvalue weighted by Gasteiger charge is 2.59. The van der Waals surface area contributed by atoms with Gasteiger partial charge in [0.2, 0.25) is 5.91 Å². The Kier molecular flexibility index (Phi) is 9.99. The van der Waals surface area contributed by atoms with Gasteiger partial charge in [-0.15, -0.1) is 0 Å². The van der Waals surface area contributed by atoms with E-state index in [0.29, 0.717) is 22.7 Å². The minimum Gasteiger partial charge on any atom is -0.495 e. The Hall–Kier alpha value is -2.88. The van der Waals surface area contributed by atoms with Crippen molar-refractivity contribution in [1.82, 2.24) is 5.32 Å². The molecular weight excluding hydrogens is 616 g/mol. The Balaban J connectivity index is 1.93. The molecule has 4 N–H and O–H groups in total. The average Bonchev–Trinajstić information content (AvgIpc) is 3.28. The van der Waals surface area contributed by atoms with Crippen molar-refractivity contribution in [3.8, 4) is 5.75 Å². The summed E-state index contributed by atoms with van der Waals surface area (Å²) in [6.07, 6.45) is 0.533. The van der Waals surface area contributed by atoms with Gasteiger partial charge in [-0.05, 0) is 65.4 Å². The molecule has 4 atom stereocenters. The van der Waals surface area contributed by atoms with Gasteiger partial charge in [-0.2, -0.15) is 0 Å². The van der Waals surface area contributed by atoms with Crippen LogP contribution in [0, 0.1) is 11.2 Å². The first-order chi connectivity index (χ1) is 20.3. The first-order valence-corrected chi connectivity index (χ1v) is 14.8. The molecule has 1 fully saturated rings. The summed E-state index contributed by atoms with van der Waals surface area (Å²) < 4.78 is 26.2. The number of rotatable bonds is 8. The summed E-state index contributed by atoms with van der Waals surface area (Å²) in [5.41, 5.74) is 6.62. The van der Waals surface area contributed by atoms with Crippen molar-refractivity contribution in [2.24, 2.45) is 11.1 Å². The average molecular weight is 651 g/mol. The van der Waals surface area contributed by atoms with Gasteiger partial charge < -0.3 is 25.8 Å². The van der Waals surface area contributed by atoms with E-state index in [1.807, 2.05) is 0 Å². The topological polar surface area (TPSA) is 103 Å². The Morgan fingerprint density at radius 3 is 2.42 bits per heavy atom. The van der Waals surface area contributed by atoms with Crippen molar-refractivity contribution in [2.45, 2.75) is 50.6 Å². The van der Waals surface area contributed by atoms with E-state index < -0.39 is 41.1 Å². The minimum absolute atomic E-state index is 0.0353. The van der Waals surface area contributed by atoms with Gasteiger partial charge in [-0.25, -0.2) is 9.18 Å². The van der Waals surface area contributed by atoms with Gasteiger partial charge >= 0.3 is 5.97 Å². The van der Waals surface area contributed by atoms with Crippen LogP contribution in [-0.2, 0) is 14.9 Å². The van der Waals surface area contributed by atoms with E-state index in [1.165, 1.54) is 38.5 Å². The van der Waals surface area contributed by atoms with Gasteiger partial charge in [0.1, 0.15) is 11.6 Å². The monoisotopic (exact) mass is 649 g/mol. The van der Waals surface area contributed by atoms with Crippen LogP contribution in [0.4, 0.5) is 10.1 Å². The van der Waals surface area contributed by atoms with Crippen LogP contribution in [0.3, 0.4) is 0 Å². The van der Waals surface area contributed by atoms with Crippen LogP contribution in [0.1, 0.15) is 54.6 Å². The van der Waals surface area contributed by atoms with Crippen LogP contribution in [0.2, 0.25) is 15.1 Å². The molecule has 0 spiro atoms. The summed E-state index contributed by atoms with van der Waals surface area (Å²) in [7, 11) is 2.70.